The molecule has 1 heterocycles. The quantitative estimate of drug-likeness (QED) is 0.431. The Morgan fingerprint density at radius 1 is 1.60 bits per heavy atom. The van der Waals surface area contributed by atoms with E-state index in [2.05, 4.69) is 10.1 Å². The van der Waals surface area contributed by atoms with E-state index in [-0.39, 0.29) is 4.87 Å². The fourth-order valence-corrected chi connectivity index (χ4v) is 1.77. The molecule has 0 aromatic carbocycles. The van der Waals surface area contributed by atoms with Gasteiger partial charge in [0.25, 0.3) is 0 Å². The Bertz CT molecular complexity index is 208. The number of hydrogen-bond acceptors (Lipinski definition) is 4. The lowest BCUT2D eigenvalue weighted by atomic mass is 10.4. The van der Waals surface area contributed by atoms with Gasteiger partial charge in [-0.25, -0.2) is 0 Å². The number of aliphatic imine (C=N–C) groups is 1. The van der Waals surface area contributed by atoms with Crippen LogP contribution in [0, 0.1) is 0 Å². The first kappa shape index (κ1) is 7.60. The number of oxime groups is 1. The Morgan fingerprint density at radius 3 is 2.40 bits per heavy atom. The third-order valence-corrected chi connectivity index (χ3v) is 2.34. The van der Waals surface area contributed by atoms with Gasteiger partial charge in [-0.05, 0) is 20.8 Å². The van der Waals surface area contributed by atoms with E-state index in [9.17, 15) is 0 Å². The second-order valence-electron chi connectivity index (χ2n) is 2.65. The number of hydrogen-bond donors (Lipinski definition) is 1. The summed E-state index contributed by atoms with van der Waals surface area (Å²) in [7, 11) is 0. The fourth-order valence-electron chi connectivity index (χ4n) is 0.878. The summed E-state index contributed by atoms with van der Waals surface area (Å²) >= 11 is 1.47. The summed E-state index contributed by atoms with van der Waals surface area (Å²) in [6, 6.07) is 0. The molecule has 0 unspecified atom stereocenters. The molecule has 10 heavy (non-hydrogen) atoms. The summed E-state index contributed by atoms with van der Waals surface area (Å²) in [5.41, 5.74) is 0.817. The second-order valence-corrected chi connectivity index (χ2v) is 4.24. The Morgan fingerprint density at radius 2 is 2.20 bits per heavy atom. The normalized spacial score (nSPS) is 27.1. The van der Waals surface area contributed by atoms with Crippen molar-refractivity contribution < 1.29 is 5.21 Å². The Hall–Kier alpha value is -0.510. The van der Waals surface area contributed by atoms with Crippen molar-refractivity contribution in [3.05, 3.63) is 0 Å². The van der Waals surface area contributed by atoms with Crippen molar-refractivity contribution in [2.75, 3.05) is 0 Å². The van der Waals surface area contributed by atoms with Crippen LogP contribution in [0.15, 0.2) is 10.1 Å². The van der Waals surface area contributed by atoms with Gasteiger partial charge in [0.1, 0.15) is 4.87 Å². The Labute approximate surface area is 64.2 Å². The van der Waals surface area contributed by atoms with Crippen LogP contribution in [-0.4, -0.2) is 20.8 Å². The minimum Gasteiger partial charge on any atom is -0.410 e. The van der Waals surface area contributed by atoms with E-state index in [0.717, 1.165) is 5.71 Å². The second kappa shape index (κ2) is 2.27. The van der Waals surface area contributed by atoms with Crippen molar-refractivity contribution in [2.24, 2.45) is 10.1 Å². The van der Waals surface area contributed by atoms with Crippen LogP contribution in [0.5, 0.6) is 0 Å². The van der Waals surface area contributed by atoms with Crippen LogP contribution in [0.2, 0.25) is 0 Å². The summed E-state index contributed by atoms with van der Waals surface area (Å²) in [4.78, 5) is 4.11. The van der Waals surface area contributed by atoms with Crippen LogP contribution in [0.4, 0.5) is 0 Å². The molecule has 0 aromatic rings. The summed E-state index contributed by atoms with van der Waals surface area (Å²) in [5, 5.41) is 12.2. The monoisotopic (exact) mass is 158 g/mol. The van der Waals surface area contributed by atoms with Crippen LogP contribution >= 0.6 is 11.8 Å². The minimum absolute atomic E-state index is 0.147. The van der Waals surface area contributed by atoms with E-state index in [4.69, 9.17) is 5.21 Å². The zero-order valence-electron chi connectivity index (χ0n) is 6.25. The van der Waals surface area contributed by atoms with Crippen LogP contribution in [0.25, 0.3) is 0 Å². The highest BCUT2D eigenvalue weighted by Crippen LogP contribution is 2.33. The van der Waals surface area contributed by atoms with Gasteiger partial charge in [-0.1, -0.05) is 16.9 Å². The van der Waals surface area contributed by atoms with Crippen LogP contribution < -0.4 is 0 Å². The van der Waals surface area contributed by atoms with E-state index in [1.165, 1.54) is 11.8 Å². The molecule has 0 amide bonds. The summed E-state index contributed by atoms with van der Waals surface area (Å²) in [6.07, 6.45) is 0. The van der Waals surface area contributed by atoms with Gasteiger partial charge in [0.15, 0.2) is 5.04 Å². The van der Waals surface area contributed by atoms with Gasteiger partial charge in [-0.3, -0.25) is 4.99 Å². The van der Waals surface area contributed by atoms with Crippen LogP contribution in [0.3, 0.4) is 0 Å². The average molecular weight is 158 g/mol. The van der Waals surface area contributed by atoms with E-state index >= 15 is 0 Å². The first-order valence-electron chi connectivity index (χ1n) is 3.03. The van der Waals surface area contributed by atoms with E-state index < -0.39 is 0 Å². The molecule has 0 aliphatic carbocycles. The maximum Gasteiger partial charge on any atom is 0.158 e. The lowest BCUT2D eigenvalue weighted by molar-refractivity contribution is 0.321. The van der Waals surface area contributed by atoms with Crippen LogP contribution in [-0.2, 0) is 0 Å². The highest BCUT2D eigenvalue weighted by molar-refractivity contribution is 8.17. The van der Waals surface area contributed by atoms with Crippen molar-refractivity contribution in [1.29, 1.82) is 0 Å². The number of nitrogens with zero attached hydrogens (tertiary/aromatic N) is 2. The molecule has 0 saturated heterocycles. The third-order valence-electron chi connectivity index (χ3n) is 1.18. The Balaban J connectivity index is 2.89. The van der Waals surface area contributed by atoms with Gasteiger partial charge in [-0.15, -0.1) is 0 Å². The molecule has 1 rings (SSSR count). The highest BCUT2D eigenvalue weighted by atomic mass is 32.2. The zero-order chi connectivity index (χ0) is 7.78. The molecule has 0 radical (unpaired) electrons. The topological polar surface area (TPSA) is 45.0 Å². The van der Waals surface area contributed by atoms with Gasteiger partial charge in [0.05, 0.1) is 5.71 Å². The average Bonchev–Trinajstić information content (AvgIpc) is 2.05. The fraction of sp³-hybridized carbons (Fsp3) is 0.667. The predicted molar refractivity (Wildman–Crippen MR) is 44.0 cm³/mol. The minimum atomic E-state index is -0.147. The van der Waals surface area contributed by atoms with E-state index in [0.29, 0.717) is 5.04 Å². The molecule has 0 spiro atoms. The molecule has 0 bridgehead atoms. The first-order chi connectivity index (χ1) is 4.55. The summed E-state index contributed by atoms with van der Waals surface area (Å²) in [5.74, 6) is 0. The molecular formula is C6H10N2OS. The summed E-state index contributed by atoms with van der Waals surface area (Å²) < 4.78 is 0. The predicted octanol–water partition coefficient (Wildman–Crippen LogP) is 1.72. The van der Waals surface area contributed by atoms with Gasteiger partial charge in [-0.2, -0.15) is 0 Å². The third kappa shape index (κ3) is 1.31. The molecule has 0 fully saturated rings. The van der Waals surface area contributed by atoms with Gasteiger partial charge in [0, 0.05) is 0 Å². The van der Waals surface area contributed by atoms with Crippen molar-refractivity contribution in [3.63, 3.8) is 0 Å². The zero-order valence-corrected chi connectivity index (χ0v) is 7.07. The van der Waals surface area contributed by atoms with Crippen LogP contribution in [0.1, 0.15) is 20.8 Å². The molecule has 0 atom stereocenters. The molecule has 0 saturated carbocycles. The van der Waals surface area contributed by atoms with Crippen molar-refractivity contribution in [1.82, 2.24) is 0 Å². The SMILES string of the molecule is CC1=NC(C)(C)SC1=NO. The van der Waals surface area contributed by atoms with Gasteiger partial charge >= 0.3 is 0 Å². The number of thioether (sulfide) groups is 1. The largest absolute Gasteiger partial charge is 0.410 e. The smallest absolute Gasteiger partial charge is 0.158 e. The molecule has 56 valence electrons. The lowest BCUT2D eigenvalue weighted by Crippen LogP contribution is -2.05. The van der Waals surface area contributed by atoms with Crippen molar-refractivity contribution in [3.8, 4) is 0 Å². The molecule has 1 aliphatic rings. The van der Waals surface area contributed by atoms with E-state index in [1.807, 2.05) is 20.8 Å². The highest BCUT2D eigenvalue weighted by Gasteiger charge is 2.29. The Kier molecular flexibility index (Phi) is 1.72. The number of rotatable bonds is 0. The molecule has 1 aliphatic heterocycles. The molecule has 3 nitrogen and oxygen atoms in total. The first-order valence-corrected chi connectivity index (χ1v) is 3.85. The standard InChI is InChI=1S/C6H10N2OS/c1-4-5(8-9)10-6(2,3)7-4/h9H,1-3H3. The molecule has 4 heteroatoms. The molecular weight excluding hydrogens is 148 g/mol. The lowest BCUT2D eigenvalue weighted by Gasteiger charge is -2.09. The maximum atomic E-state index is 8.45. The van der Waals surface area contributed by atoms with Gasteiger partial charge < -0.3 is 5.21 Å². The molecule has 0 aromatic heterocycles. The van der Waals surface area contributed by atoms with E-state index in [1.54, 1.807) is 0 Å². The van der Waals surface area contributed by atoms with Crippen molar-refractivity contribution in [2.45, 2.75) is 25.6 Å². The van der Waals surface area contributed by atoms with Crippen molar-refractivity contribution >= 4 is 22.5 Å². The molecule has 1 N–H and O–H groups in total. The summed E-state index contributed by atoms with van der Waals surface area (Å²) in [6.45, 7) is 5.81. The van der Waals surface area contributed by atoms with Gasteiger partial charge in [0.2, 0.25) is 0 Å². The maximum absolute atomic E-state index is 8.45.